The molecular formula is C11H16MgO3. The van der Waals surface area contributed by atoms with Crippen molar-refractivity contribution in [2.24, 2.45) is 0 Å². The molecule has 0 bridgehead atoms. The average molecular weight is 221 g/mol. The molecule has 0 spiro atoms. The van der Waals surface area contributed by atoms with Crippen LogP contribution in [0.5, 0.6) is 5.75 Å². The summed E-state index contributed by atoms with van der Waals surface area (Å²) in [5, 5.41) is 18.1. The van der Waals surface area contributed by atoms with Crippen molar-refractivity contribution >= 4 is 29.0 Å². The van der Waals surface area contributed by atoms with Crippen LogP contribution in [-0.2, 0) is 5.41 Å². The van der Waals surface area contributed by atoms with Gasteiger partial charge in [0.15, 0.2) is 0 Å². The van der Waals surface area contributed by atoms with Gasteiger partial charge in [0, 0.05) is 0 Å². The molecule has 3 nitrogen and oxygen atoms in total. The van der Waals surface area contributed by atoms with Crippen molar-refractivity contribution in [3.8, 4) is 5.75 Å². The van der Waals surface area contributed by atoms with E-state index < -0.39 is 5.97 Å². The molecule has 2 N–H and O–H groups in total. The number of aromatic hydroxyl groups is 1. The molecule has 0 atom stereocenters. The SMILES string of the molecule is CC(C)(C)c1ccc(O)c(C(=O)O)c1.[H-].[H-].[Mg+2]. The van der Waals surface area contributed by atoms with Gasteiger partial charge < -0.3 is 13.1 Å². The van der Waals surface area contributed by atoms with E-state index in [4.69, 9.17) is 5.11 Å². The van der Waals surface area contributed by atoms with Crippen LogP contribution >= 0.6 is 0 Å². The largest absolute Gasteiger partial charge is 2.00 e. The first-order chi connectivity index (χ1) is 6.32. The second-order valence-electron chi connectivity index (χ2n) is 4.29. The Balaban J connectivity index is -0.000000653. The van der Waals surface area contributed by atoms with Crippen molar-refractivity contribution in [1.29, 1.82) is 0 Å². The number of benzene rings is 1. The minimum atomic E-state index is -1.10. The molecule has 0 amide bonds. The third kappa shape index (κ3) is 3.39. The first kappa shape index (κ1) is 14.3. The van der Waals surface area contributed by atoms with Crippen LogP contribution in [0.1, 0.15) is 39.5 Å². The molecule has 1 rings (SSSR count). The van der Waals surface area contributed by atoms with Gasteiger partial charge in [-0.1, -0.05) is 26.8 Å². The van der Waals surface area contributed by atoms with E-state index >= 15 is 0 Å². The summed E-state index contributed by atoms with van der Waals surface area (Å²) in [5.74, 6) is -1.29. The monoisotopic (exact) mass is 220 g/mol. The molecule has 1 aromatic rings. The van der Waals surface area contributed by atoms with Crippen LogP contribution in [0.15, 0.2) is 18.2 Å². The third-order valence-electron chi connectivity index (χ3n) is 2.09. The minimum absolute atomic E-state index is 0. The predicted octanol–water partition coefficient (Wildman–Crippen LogP) is 2.23. The maximum absolute atomic E-state index is 10.7. The van der Waals surface area contributed by atoms with E-state index in [2.05, 4.69) is 0 Å². The maximum atomic E-state index is 10.7. The zero-order valence-electron chi connectivity index (χ0n) is 11.2. The first-order valence-electron chi connectivity index (χ1n) is 4.39. The van der Waals surface area contributed by atoms with Crippen LogP contribution in [0.25, 0.3) is 0 Å². The molecule has 4 heteroatoms. The fraction of sp³-hybridized carbons (Fsp3) is 0.364. The molecule has 15 heavy (non-hydrogen) atoms. The zero-order valence-corrected chi connectivity index (χ0v) is 10.7. The van der Waals surface area contributed by atoms with Gasteiger partial charge >= 0.3 is 29.0 Å². The first-order valence-corrected chi connectivity index (χ1v) is 4.39. The Hall–Kier alpha value is -0.744. The molecule has 0 fully saturated rings. The number of rotatable bonds is 1. The van der Waals surface area contributed by atoms with Crippen molar-refractivity contribution in [2.45, 2.75) is 26.2 Å². The second-order valence-corrected chi connectivity index (χ2v) is 4.29. The summed E-state index contributed by atoms with van der Waals surface area (Å²) in [4.78, 5) is 10.7. The molecule has 0 saturated heterocycles. The van der Waals surface area contributed by atoms with Gasteiger partial charge in [-0.05, 0) is 23.1 Å². The van der Waals surface area contributed by atoms with Gasteiger partial charge in [-0.15, -0.1) is 0 Å². The molecule has 0 aliphatic rings. The number of carbonyl (C=O) groups is 1. The van der Waals surface area contributed by atoms with Gasteiger partial charge in [-0.25, -0.2) is 4.79 Å². The van der Waals surface area contributed by atoms with E-state index in [9.17, 15) is 9.90 Å². The van der Waals surface area contributed by atoms with Gasteiger partial charge in [0.2, 0.25) is 0 Å². The Morgan fingerprint density at radius 2 is 1.87 bits per heavy atom. The topological polar surface area (TPSA) is 57.5 Å². The Morgan fingerprint density at radius 3 is 2.27 bits per heavy atom. The molecule has 0 saturated carbocycles. The quantitative estimate of drug-likeness (QED) is 0.714. The molecular weight excluding hydrogens is 204 g/mol. The second kappa shape index (κ2) is 4.85. The average Bonchev–Trinajstić information content (AvgIpc) is 2.02. The standard InChI is InChI=1S/C11H14O3.Mg.2H/c1-11(2,3)7-4-5-9(12)8(6-7)10(13)14;;;/h4-6,12H,1-3H3,(H,13,14);;;/q;+2;2*-1. The molecule has 0 radical (unpaired) electrons. The van der Waals surface area contributed by atoms with Crippen LogP contribution in [0.3, 0.4) is 0 Å². The smallest absolute Gasteiger partial charge is 1.00 e. The number of aromatic carboxylic acids is 1. The summed E-state index contributed by atoms with van der Waals surface area (Å²) in [7, 11) is 0. The molecule has 1 aromatic carbocycles. The fourth-order valence-corrected chi connectivity index (χ4v) is 1.17. The molecule has 80 valence electrons. The van der Waals surface area contributed by atoms with Crippen molar-refractivity contribution in [3.63, 3.8) is 0 Å². The molecule has 0 unspecified atom stereocenters. The maximum Gasteiger partial charge on any atom is 2.00 e. The predicted molar refractivity (Wildman–Crippen MR) is 61.7 cm³/mol. The Labute approximate surface area is 108 Å². The molecule has 0 heterocycles. The molecule has 0 aliphatic heterocycles. The summed E-state index contributed by atoms with van der Waals surface area (Å²) in [6.07, 6.45) is 0. The molecule has 0 aromatic heterocycles. The Kier molecular flexibility index (Phi) is 4.61. The van der Waals surface area contributed by atoms with Gasteiger partial charge in [0.25, 0.3) is 0 Å². The summed E-state index contributed by atoms with van der Waals surface area (Å²) >= 11 is 0. The minimum Gasteiger partial charge on any atom is -1.00 e. The summed E-state index contributed by atoms with van der Waals surface area (Å²) < 4.78 is 0. The molecule has 0 aliphatic carbocycles. The van der Waals surface area contributed by atoms with Gasteiger partial charge in [-0.2, -0.15) is 0 Å². The van der Waals surface area contributed by atoms with E-state index in [1.165, 1.54) is 12.1 Å². The van der Waals surface area contributed by atoms with Crippen molar-refractivity contribution in [2.75, 3.05) is 0 Å². The van der Waals surface area contributed by atoms with Gasteiger partial charge in [0.1, 0.15) is 11.3 Å². The van der Waals surface area contributed by atoms with E-state index in [1.54, 1.807) is 6.07 Å². The number of carboxylic acids is 1. The van der Waals surface area contributed by atoms with E-state index in [1.807, 2.05) is 20.8 Å². The van der Waals surface area contributed by atoms with Gasteiger partial charge in [-0.3, -0.25) is 0 Å². The fourth-order valence-electron chi connectivity index (χ4n) is 1.17. The van der Waals surface area contributed by atoms with E-state index in [0.29, 0.717) is 0 Å². The van der Waals surface area contributed by atoms with Crippen LogP contribution in [-0.4, -0.2) is 39.2 Å². The number of phenols is 1. The van der Waals surface area contributed by atoms with Crippen LogP contribution in [0.4, 0.5) is 0 Å². The summed E-state index contributed by atoms with van der Waals surface area (Å²) in [6, 6.07) is 4.67. The number of hydrogen-bond donors (Lipinski definition) is 2. The van der Waals surface area contributed by atoms with Crippen molar-refractivity contribution < 1.29 is 17.9 Å². The summed E-state index contributed by atoms with van der Waals surface area (Å²) in [5.41, 5.74) is 0.739. The third-order valence-corrected chi connectivity index (χ3v) is 2.09. The van der Waals surface area contributed by atoms with E-state index in [-0.39, 0.29) is 42.6 Å². The van der Waals surface area contributed by atoms with Crippen molar-refractivity contribution in [1.82, 2.24) is 0 Å². The van der Waals surface area contributed by atoms with Crippen LogP contribution in [0, 0.1) is 0 Å². The van der Waals surface area contributed by atoms with Crippen LogP contribution in [0.2, 0.25) is 0 Å². The Morgan fingerprint density at radius 1 is 1.33 bits per heavy atom. The normalized spacial score (nSPS) is 10.6. The number of hydrogen-bond acceptors (Lipinski definition) is 2. The Bertz CT molecular complexity index is 375. The zero-order chi connectivity index (χ0) is 10.9. The number of carboxylic acid groups (broad SMARTS) is 1. The van der Waals surface area contributed by atoms with Gasteiger partial charge in [0.05, 0.1) is 0 Å². The van der Waals surface area contributed by atoms with Crippen LogP contribution < -0.4 is 0 Å². The van der Waals surface area contributed by atoms with Crippen molar-refractivity contribution in [3.05, 3.63) is 29.3 Å². The van der Waals surface area contributed by atoms with E-state index in [0.717, 1.165) is 5.56 Å². The summed E-state index contributed by atoms with van der Waals surface area (Å²) in [6.45, 7) is 5.97.